The lowest BCUT2D eigenvalue weighted by atomic mass is 9.96. The Morgan fingerprint density at radius 2 is 1.96 bits per heavy atom. The van der Waals surface area contributed by atoms with E-state index in [9.17, 15) is 5.26 Å². The predicted octanol–water partition coefficient (Wildman–Crippen LogP) is 4.32. The predicted molar refractivity (Wildman–Crippen MR) is 105 cm³/mol. The van der Waals surface area contributed by atoms with Gasteiger partial charge in [0.05, 0.1) is 23.9 Å². The molecule has 0 aliphatic carbocycles. The molecule has 5 nitrogen and oxygen atoms in total. The van der Waals surface area contributed by atoms with Gasteiger partial charge in [0.25, 0.3) is 0 Å². The Morgan fingerprint density at radius 3 is 2.70 bits per heavy atom. The maximum Gasteiger partial charge on any atom is 0.142 e. The normalized spacial score (nSPS) is 10.9. The molecule has 27 heavy (non-hydrogen) atoms. The minimum absolute atomic E-state index is 0.503. The van der Waals surface area contributed by atoms with Crippen LogP contribution in [0.15, 0.2) is 61.1 Å². The number of aromatic nitrogens is 3. The topological polar surface area (TPSA) is 63.7 Å². The Morgan fingerprint density at radius 1 is 1.11 bits per heavy atom. The summed E-state index contributed by atoms with van der Waals surface area (Å²) in [7, 11) is 3.67. The van der Waals surface area contributed by atoms with Crippen LogP contribution in [-0.2, 0) is 18.4 Å². The van der Waals surface area contributed by atoms with Crippen LogP contribution in [0.1, 0.15) is 11.1 Å². The van der Waals surface area contributed by atoms with Crippen LogP contribution in [0.2, 0.25) is 0 Å². The molecule has 5 heteroatoms. The Kier molecular flexibility index (Phi) is 4.41. The summed E-state index contributed by atoms with van der Waals surface area (Å²) in [6.45, 7) is 0.503. The van der Waals surface area contributed by atoms with Crippen molar-refractivity contribution in [1.29, 1.82) is 5.26 Å². The second-order valence-electron chi connectivity index (χ2n) is 6.28. The molecule has 0 saturated heterocycles. The summed E-state index contributed by atoms with van der Waals surface area (Å²) in [5, 5.41) is 10.5. The number of rotatable bonds is 4. The van der Waals surface area contributed by atoms with Gasteiger partial charge in [0, 0.05) is 54.8 Å². The number of methoxy groups -OCH3 is 1. The third-order valence-corrected chi connectivity index (χ3v) is 4.71. The lowest BCUT2D eigenvalue weighted by Gasteiger charge is -2.13. The first-order chi connectivity index (χ1) is 13.3. The summed E-state index contributed by atoms with van der Waals surface area (Å²) in [4.78, 5) is 8.85. The van der Waals surface area contributed by atoms with E-state index < -0.39 is 0 Å². The fourth-order valence-corrected chi connectivity index (χ4v) is 3.58. The number of hydrogen-bond acceptors (Lipinski definition) is 4. The SMILES string of the molecule is COCc1ccccc1-c1c(-c2cccnc2)c2c(C#N)ccnc2n1C. The maximum absolute atomic E-state index is 9.69. The summed E-state index contributed by atoms with van der Waals surface area (Å²) >= 11 is 0. The molecule has 0 fully saturated rings. The van der Waals surface area contributed by atoms with E-state index in [4.69, 9.17) is 4.74 Å². The molecule has 0 bridgehead atoms. The summed E-state index contributed by atoms with van der Waals surface area (Å²) in [5.74, 6) is 0. The molecule has 0 saturated carbocycles. The van der Waals surface area contributed by atoms with Gasteiger partial charge in [0.15, 0.2) is 0 Å². The van der Waals surface area contributed by atoms with Gasteiger partial charge in [0.2, 0.25) is 0 Å². The Balaban J connectivity index is 2.17. The van der Waals surface area contributed by atoms with Gasteiger partial charge in [0.1, 0.15) is 5.65 Å². The number of hydrogen-bond donors (Lipinski definition) is 0. The van der Waals surface area contributed by atoms with Gasteiger partial charge in [-0.3, -0.25) is 4.98 Å². The number of nitriles is 1. The highest BCUT2D eigenvalue weighted by atomic mass is 16.5. The summed E-state index contributed by atoms with van der Waals surface area (Å²) in [6.07, 6.45) is 5.25. The standard InChI is InChI=1S/C22H18N4O/c1-26-21(18-8-4-3-6-17(18)14-27-2)19(16-7-5-10-24-13-16)20-15(12-23)9-11-25-22(20)26/h3-11,13H,14H2,1-2H3. The van der Waals surface area contributed by atoms with Gasteiger partial charge in [-0.2, -0.15) is 5.26 Å². The summed E-state index contributed by atoms with van der Waals surface area (Å²) in [5.41, 5.74) is 6.43. The van der Waals surface area contributed by atoms with E-state index in [0.717, 1.165) is 39.0 Å². The molecule has 0 atom stereocenters. The lowest BCUT2D eigenvalue weighted by Crippen LogP contribution is -1.98. The van der Waals surface area contributed by atoms with Crippen molar-refractivity contribution in [3.05, 3.63) is 72.2 Å². The van der Waals surface area contributed by atoms with E-state index in [1.54, 1.807) is 25.6 Å². The first-order valence-corrected chi connectivity index (χ1v) is 8.61. The molecule has 0 aliphatic rings. The summed E-state index contributed by atoms with van der Waals surface area (Å²) in [6, 6.07) is 16.1. The van der Waals surface area contributed by atoms with Crippen LogP contribution in [0, 0.1) is 11.3 Å². The lowest BCUT2D eigenvalue weighted by molar-refractivity contribution is 0.185. The van der Waals surface area contributed by atoms with Crippen LogP contribution in [0.5, 0.6) is 0 Å². The number of ether oxygens (including phenoxy) is 1. The van der Waals surface area contributed by atoms with Gasteiger partial charge >= 0.3 is 0 Å². The van der Waals surface area contributed by atoms with Crippen LogP contribution in [0.3, 0.4) is 0 Å². The molecule has 4 rings (SSSR count). The fourth-order valence-electron chi connectivity index (χ4n) is 3.58. The fraction of sp³-hybridized carbons (Fsp3) is 0.136. The number of fused-ring (bicyclic) bond motifs is 1. The minimum Gasteiger partial charge on any atom is -0.380 e. The highest BCUT2D eigenvalue weighted by Crippen LogP contribution is 2.41. The quantitative estimate of drug-likeness (QED) is 0.547. The molecule has 0 radical (unpaired) electrons. The minimum atomic E-state index is 0.503. The highest BCUT2D eigenvalue weighted by Gasteiger charge is 2.23. The van der Waals surface area contributed by atoms with Crippen LogP contribution < -0.4 is 0 Å². The molecule has 0 N–H and O–H groups in total. The van der Waals surface area contributed by atoms with Crippen molar-refractivity contribution in [3.63, 3.8) is 0 Å². The molecule has 0 unspecified atom stereocenters. The third-order valence-electron chi connectivity index (χ3n) is 4.71. The Labute approximate surface area is 157 Å². The zero-order valence-electron chi connectivity index (χ0n) is 15.2. The van der Waals surface area contributed by atoms with Crippen LogP contribution in [0.4, 0.5) is 0 Å². The molecular formula is C22H18N4O. The zero-order valence-corrected chi connectivity index (χ0v) is 15.2. The van der Waals surface area contributed by atoms with Crippen molar-refractivity contribution in [3.8, 4) is 28.5 Å². The van der Waals surface area contributed by atoms with E-state index in [1.165, 1.54) is 0 Å². The molecular weight excluding hydrogens is 336 g/mol. The van der Waals surface area contributed by atoms with Crippen LogP contribution in [-0.4, -0.2) is 21.6 Å². The van der Waals surface area contributed by atoms with Crippen molar-refractivity contribution >= 4 is 11.0 Å². The van der Waals surface area contributed by atoms with Gasteiger partial charge in [-0.25, -0.2) is 4.98 Å². The van der Waals surface area contributed by atoms with Crippen LogP contribution in [0.25, 0.3) is 33.4 Å². The number of nitrogens with zero attached hydrogens (tertiary/aromatic N) is 4. The smallest absolute Gasteiger partial charge is 0.142 e. The molecule has 0 spiro atoms. The molecule has 132 valence electrons. The second kappa shape index (κ2) is 7.02. The number of benzene rings is 1. The summed E-state index contributed by atoms with van der Waals surface area (Å²) < 4.78 is 7.45. The molecule has 0 aliphatic heterocycles. The molecule has 1 aromatic carbocycles. The van der Waals surface area contributed by atoms with Crippen molar-refractivity contribution in [2.45, 2.75) is 6.61 Å². The first-order valence-electron chi connectivity index (χ1n) is 8.61. The number of aryl methyl sites for hydroxylation is 1. The van der Waals surface area contributed by atoms with E-state index in [0.29, 0.717) is 12.2 Å². The van der Waals surface area contributed by atoms with E-state index in [2.05, 4.69) is 28.2 Å². The van der Waals surface area contributed by atoms with E-state index in [-0.39, 0.29) is 0 Å². The third kappa shape index (κ3) is 2.77. The van der Waals surface area contributed by atoms with Crippen molar-refractivity contribution in [1.82, 2.24) is 14.5 Å². The first kappa shape index (κ1) is 17.0. The Bertz CT molecular complexity index is 1160. The number of pyridine rings is 2. The monoisotopic (exact) mass is 354 g/mol. The van der Waals surface area contributed by atoms with Gasteiger partial charge in [-0.05, 0) is 17.7 Å². The molecule has 0 amide bonds. The molecule has 3 heterocycles. The van der Waals surface area contributed by atoms with Crippen LogP contribution >= 0.6 is 0 Å². The van der Waals surface area contributed by atoms with E-state index in [1.807, 2.05) is 42.1 Å². The average molecular weight is 354 g/mol. The van der Waals surface area contributed by atoms with Crippen molar-refractivity contribution < 1.29 is 4.74 Å². The van der Waals surface area contributed by atoms with Gasteiger partial charge < -0.3 is 9.30 Å². The van der Waals surface area contributed by atoms with E-state index >= 15 is 0 Å². The molecule has 3 aromatic heterocycles. The Hall–Kier alpha value is -3.49. The zero-order chi connectivity index (χ0) is 18.8. The maximum atomic E-state index is 9.69. The largest absolute Gasteiger partial charge is 0.380 e. The average Bonchev–Trinajstić information content (AvgIpc) is 3.02. The second-order valence-corrected chi connectivity index (χ2v) is 6.28. The van der Waals surface area contributed by atoms with Gasteiger partial charge in [-0.1, -0.05) is 30.3 Å². The van der Waals surface area contributed by atoms with Gasteiger partial charge in [-0.15, -0.1) is 0 Å². The molecule has 4 aromatic rings. The van der Waals surface area contributed by atoms with Crippen molar-refractivity contribution in [2.24, 2.45) is 7.05 Å². The van der Waals surface area contributed by atoms with Crippen molar-refractivity contribution in [2.75, 3.05) is 7.11 Å². The highest BCUT2D eigenvalue weighted by molar-refractivity contribution is 6.06.